The van der Waals surface area contributed by atoms with Crippen LogP contribution in [0.15, 0.2) is 54.6 Å². The van der Waals surface area contributed by atoms with Crippen LogP contribution in [0, 0.1) is 20.2 Å². The van der Waals surface area contributed by atoms with Crippen molar-refractivity contribution in [1.82, 2.24) is 15.1 Å². The highest BCUT2D eigenvalue weighted by Crippen LogP contribution is 2.27. The quantitative estimate of drug-likeness (QED) is 0.168. The van der Waals surface area contributed by atoms with Gasteiger partial charge in [0.15, 0.2) is 0 Å². The van der Waals surface area contributed by atoms with Crippen molar-refractivity contribution in [3.63, 3.8) is 0 Å². The summed E-state index contributed by atoms with van der Waals surface area (Å²) in [5, 5.41) is 24.1. The zero-order valence-corrected chi connectivity index (χ0v) is 26.9. The van der Waals surface area contributed by atoms with Gasteiger partial charge in [0, 0.05) is 51.5 Å². The molecule has 3 aromatic rings. The Morgan fingerprint density at radius 3 is 1.90 bits per heavy atom. The lowest BCUT2D eigenvalue weighted by Gasteiger charge is -2.25. The van der Waals surface area contributed by atoms with Crippen LogP contribution in [0.4, 0.5) is 21.9 Å². The number of carbonyl (C=O) groups excluding carboxylic acids is 4. The third-order valence-electron chi connectivity index (χ3n) is 7.63. The maximum atomic E-state index is 11.8. The fourth-order valence-electron chi connectivity index (χ4n) is 5.10. The highest BCUT2D eigenvalue weighted by Gasteiger charge is 2.29. The number of nitrogens with zero attached hydrogens (tertiary/aromatic N) is 4. The minimum atomic E-state index is -0.787. The summed E-state index contributed by atoms with van der Waals surface area (Å²) >= 11 is 0. The van der Waals surface area contributed by atoms with Crippen LogP contribution in [-0.2, 0) is 28.7 Å². The molecule has 2 heterocycles. The molecule has 0 saturated carbocycles. The van der Waals surface area contributed by atoms with Gasteiger partial charge in [-0.05, 0) is 42.0 Å². The van der Waals surface area contributed by atoms with E-state index in [-0.39, 0.29) is 47.3 Å². The lowest BCUT2D eigenvalue weighted by Crippen LogP contribution is -2.34. The van der Waals surface area contributed by atoms with Crippen LogP contribution in [-0.4, -0.2) is 91.5 Å². The van der Waals surface area contributed by atoms with Crippen molar-refractivity contribution in [3.8, 4) is 0 Å². The van der Waals surface area contributed by atoms with Gasteiger partial charge in [-0.1, -0.05) is 36.4 Å². The number of carbonyl (C=O) groups is 4. The predicted molar refractivity (Wildman–Crippen MR) is 174 cm³/mol. The number of methoxy groups -OCH3 is 2. The van der Waals surface area contributed by atoms with E-state index in [2.05, 4.69) is 14.8 Å². The van der Waals surface area contributed by atoms with Gasteiger partial charge in [0.05, 0.1) is 29.6 Å². The smallest absolute Gasteiger partial charge is 0.406 e. The number of alkyl carbamates (subject to hydrolysis) is 1. The van der Waals surface area contributed by atoms with Crippen LogP contribution in [0.2, 0.25) is 0 Å². The molecule has 0 aliphatic carbocycles. The molecule has 16 nitrogen and oxygen atoms in total. The number of amides is 3. The maximum absolute atomic E-state index is 11.8. The fourth-order valence-corrected chi connectivity index (χ4v) is 5.10. The van der Waals surface area contributed by atoms with Crippen molar-refractivity contribution in [3.05, 3.63) is 108 Å². The Labute approximate surface area is 275 Å². The molecule has 3 amide bonds. The summed E-state index contributed by atoms with van der Waals surface area (Å²) < 4.78 is 8.96. The zero-order chi connectivity index (χ0) is 35.5. The monoisotopic (exact) mass is 664 g/mol. The zero-order valence-electron chi connectivity index (χ0n) is 26.9. The number of nitrogens with one attached hydrogen (secondary N) is 1. The van der Waals surface area contributed by atoms with Crippen LogP contribution >= 0.6 is 0 Å². The molecule has 16 heteroatoms. The molecule has 0 fully saturated rings. The highest BCUT2D eigenvalue weighted by molar-refractivity contribution is 6.01. The summed E-state index contributed by atoms with van der Waals surface area (Å²) in [6.45, 7) is 1.58. The number of nitrogens with two attached hydrogens (primary N) is 1. The first-order valence-electron chi connectivity index (χ1n) is 14.6. The average molecular weight is 665 g/mol. The summed E-state index contributed by atoms with van der Waals surface area (Å²) in [6, 6.07) is 14.7. The van der Waals surface area contributed by atoms with Crippen molar-refractivity contribution in [2.24, 2.45) is 0 Å². The molecule has 0 spiro atoms. The van der Waals surface area contributed by atoms with Crippen LogP contribution in [0.5, 0.6) is 0 Å². The third-order valence-corrected chi connectivity index (χ3v) is 7.63. The molecule has 2 aliphatic heterocycles. The molecule has 5 rings (SSSR count). The summed E-state index contributed by atoms with van der Waals surface area (Å²) in [7, 11) is 5.83. The number of rotatable bonds is 6. The van der Waals surface area contributed by atoms with Gasteiger partial charge in [0.25, 0.3) is 23.2 Å². The summed E-state index contributed by atoms with van der Waals surface area (Å²) in [5.41, 5.74) is 9.01. The van der Waals surface area contributed by atoms with Gasteiger partial charge in [-0.3, -0.25) is 29.8 Å². The number of nitro groups is 2. The molecule has 0 atom stereocenters. The molecule has 3 aromatic carbocycles. The molecule has 3 N–H and O–H groups in total. The van der Waals surface area contributed by atoms with Crippen molar-refractivity contribution in [1.29, 1.82) is 0 Å². The summed E-state index contributed by atoms with van der Waals surface area (Å²) in [6.07, 6.45) is 1.21. The van der Waals surface area contributed by atoms with Gasteiger partial charge in [0.2, 0.25) is 0 Å². The number of anilines is 1. The summed E-state index contributed by atoms with van der Waals surface area (Å²) in [4.78, 5) is 69.8. The van der Waals surface area contributed by atoms with Gasteiger partial charge in [-0.2, -0.15) is 0 Å². The van der Waals surface area contributed by atoms with Crippen LogP contribution < -0.4 is 11.1 Å². The van der Waals surface area contributed by atoms with Gasteiger partial charge < -0.3 is 30.3 Å². The standard InChI is InChI=1S/C12H14N2O6.C10H10N2O3.C10H12N2O/c1-19-11(15)10-8(6-7-13-12(16)20-2)4-3-5-9(10)14(17)18;1-11-6-5-7-3-2-4-8(12(14)15)9(7)10(11)13;1-12-6-5-7-3-2-4-8(11)9(7)10(12)13/h3-5H,6-7H2,1-2H3,(H,13,16);2-4H,5-6H2,1H3;2-4H,5-6,11H2,1H3. The van der Waals surface area contributed by atoms with Gasteiger partial charge in [0.1, 0.15) is 11.1 Å². The number of hydrogen-bond donors (Lipinski definition) is 2. The number of benzene rings is 3. The van der Waals surface area contributed by atoms with E-state index >= 15 is 0 Å². The van der Waals surface area contributed by atoms with E-state index in [0.717, 1.165) is 31.2 Å². The Hall–Kier alpha value is -6.06. The molecule has 0 bridgehead atoms. The lowest BCUT2D eigenvalue weighted by atomic mass is 9.98. The Morgan fingerprint density at radius 2 is 1.33 bits per heavy atom. The second-order valence-corrected chi connectivity index (χ2v) is 10.6. The Morgan fingerprint density at radius 1 is 0.812 bits per heavy atom. The Kier molecular flexibility index (Phi) is 12.5. The van der Waals surface area contributed by atoms with E-state index in [9.17, 15) is 39.4 Å². The number of nitro benzene ring substituents is 2. The van der Waals surface area contributed by atoms with Crippen LogP contribution in [0.3, 0.4) is 0 Å². The number of nitrogen functional groups attached to an aromatic ring is 1. The van der Waals surface area contributed by atoms with Crippen molar-refractivity contribution >= 4 is 40.9 Å². The number of hydrogen-bond acceptors (Lipinski definition) is 11. The molecule has 0 saturated heterocycles. The van der Waals surface area contributed by atoms with E-state index in [1.807, 2.05) is 12.1 Å². The first-order chi connectivity index (χ1) is 22.8. The molecule has 0 radical (unpaired) electrons. The van der Waals surface area contributed by atoms with Crippen LogP contribution in [0.25, 0.3) is 0 Å². The molecule has 0 aromatic heterocycles. The van der Waals surface area contributed by atoms with Crippen molar-refractivity contribution in [2.45, 2.75) is 19.3 Å². The molecule has 0 unspecified atom stereocenters. The Balaban J connectivity index is 0.000000200. The van der Waals surface area contributed by atoms with E-state index in [1.165, 1.54) is 30.2 Å². The first kappa shape index (κ1) is 36.4. The van der Waals surface area contributed by atoms with Gasteiger partial charge in [-0.15, -0.1) is 0 Å². The third kappa shape index (κ3) is 8.60. The van der Waals surface area contributed by atoms with Crippen molar-refractivity contribution in [2.75, 3.05) is 53.7 Å². The number of ether oxygens (including phenoxy) is 2. The molecular weight excluding hydrogens is 628 g/mol. The normalized spacial score (nSPS) is 13.0. The number of esters is 1. The van der Waals surface area contributed by atoms with E-state index in [4.69, 9.17) is 5.73 Å². The maximum Gasteiger partial charge on any atom is 0.406 e. The fraction of sp³-hybridized carbons (Fsp3) is 0.312. The highest BCUT2D eigenvalue weighted by atomic mass is 16.6. The largest absolute Gasteiger partial charge is 0.465 e. The minimum Gasteiger partial charge on any atom is -0.465 e. The van der Waals surface area contributed by atoms with E-state index in [0.29, 0.717) is 29.8 Å². The predicted octanol–water partition coefficient (Wildman–Crippen LogP) is 3.40. The van der Waals surface area contributed by atoms with Gasteiger partial charge >= 0.3 is 12.1 Å². The number of fused-ring (bicyclic) bond motifs is 2. The summed E-state index contributed by atoms with van der Waals surface area (Å²) in [5.74, 6) is -1.01. The van der Waals surface area contributed by atoms with Crippen molar-refractivity contribution < 1.29 is 38.5 Å². The van der Waals surface area contributed by atoms with E-state index in [1.54, 1.807) is 43.3 Å². The number of likely N-dealkylation sites (N-methyl/N-ethyl adjacent to an activating group) is 2. The van der Waals surface area contributed by atoms with Crippen LogP contribution in [0.1, 0.15) is 47.8 Å². The average Bonchev–Trinajstić information content (AvgIpc) is 3.07. The first-order valence-corrected chi connectivity index (χ1v) is 14.6. The molecular formula is C32H36N6O10. The lowest BCUT2D eigenvalue weighted by molar-refractivity contribution is -0.385. The second kappa shape index (κ2) is 16.5. The molecule has 48 heavy (non-hydrogen) atoms. The van der Waals surface area contributed by atoms with Gasteiger partial charge in [-0.25, -0.2) is 9.59 Å². The minimum absolute atomic E-state index is 0.0411. The molecule has 254 valence electrons. The molecule has 2 aliphatic rings. The van der Waals surface area contributed by atoms with E-state index < -0.39 is 21.9 Å². The second-order valence-electron chi connectivity index (χ2n) is 10.6. The Bertz CT molecular complexity index is 1730. The SMILES string of the molecule is CN1CCc2cccc(N)c2C1=O.CN1CCc2cccc([N+](=O)[O-])c2C1=O.COC(=O)NCCc1cccc([N+](=O)[O-])c1C(=O)OC. The topological polar surface area (TPSA) is 218 Å².